The number of esters is 2. The predicted octanol–water partition coefficient (Wildman–Crippen LogP) is 1.77. The monoisotopic (exact) mass is 397 g/mol. The smallest absolute Gasteiger partial charge is 0.314 e. The van der Waals surface area contributed by atoms with Gasteiger partial charge in [-0.1, -0.05) is 27.7 Å². The summed E-state index contributed by atoms with van der Waals surface area (Å²) in [5.74, 6) is -4.18. The minimum atomic E-state index is -1.38. The highest BCUT2D eigenvalue weighted by molar-refractivity contribution is 14.1. The average Bonchev–Trinajstić information content (AvgIpc) is 2.33. The minimum Gasteiger partial charge on any atom is -0.481 e. The topological polar surface area (TPSA) is 139 Å². The van der Waals surface area contributed by atoms with Crippen LogP contribution in [0.1, 0.15) is 13.8 Å². The number of carboxylic acids is 1. The molecule has 0 aromatic carbocycles. The molecule has 0 heterocycles. The normalized spacial score (nSPS) is 13.7. The Morgan fingerprint density at radius 2 is 2.00 bits per heavy atom. The Labute approximate surface area is 127 Å². The molecule has 0 rings (SSSR count). The second-order valence-corrected chi connectivity index (χ2v) is 4.12. The molecule has 2 atom stereocenters. The van der Waals surface area contributed by atoms with E-state index in [1.807, 2.05) is 0 Å². The van der Waals surface area contributed by atoms with Crippen LogP contribution in [0.3, 0.4) is 0 Å². The molecular formula is C10H12IN3O6. The SMILES string of the molecule is CC(=O)OC[C@@H](C(=O)O)[C@@H](OC(C)=O)/C(=C\I)N=[N+]=[N-]. The first kappa shape index (κ1) is 18.2. The Morgan fingerprint density at radius 1 is 1.40 bits per heavy atom. The molecule has 0 saturated heterocycles. The third-order valence-electron chi connectivity index (χ3n) is 2.01. The number of rotatable bonds is 7. The van der Waals surface area contributed by atoms with E-state index in [0.717, 1.165) is 13.8 Å². The van der Waals surface area contributed by atoms with Crippen molar-refractivity contribution in [3.8, 4) is 0 Å². The quantitative estimate of drug-likeness (QED) is 0.228. The van der Waals surface area contributed by atoms with Crippen molar-refractivity contribution in [3.05, 3.63) is 20.2 Å². The van der Waals surface area contributed by atoms with Crippen LogP contribution < -0.4 is 0 Å². The summed E-state index contributed by atoms with van der Waals surface area (Å²) in [5.41, 5.74) is 8.34. The fraction of sp³-hybridized carbons (Fsp3) is 0.500. The van der Waals surface area contributed by atoms with Crippen molar-refractivity contribution in [3.63, 3.8) is 0 Å². The Hall–Kier alpha value is -1.81. The standard InChI is InChI=1S/C10H12IN3O6/c1-5(15)19-4-7(10(17)18)9(20-6(2)16)8(3-11)13-14-12/h3,7,9H,4H2,1-2H3,(H,17,18)/b8-3+/t7-,9-/m1/s1. The second-order valence-electron chi connectivity index (χ2n) is 3.50. The highest BCUT2D eigenvalue weighted by Crippen LogP contribution is 2.21. The van der Waals surface area contributed by atoms with Crippen LogP contribution in [-0.4, -0.2) is 35.7 Å². The molecule has 20 heavy (non-hydrogen) atoms. The van der Waals surface area contributed by atoms with Crippen molar-refractivity contribution in [1.29, 1.82) is 0 Å². The lowest BCUT2D eigenvalue weighted by atomic mass is 10.0. The van der Waals surface area contributed by atoms with Crippen molar-refractivity contribution in [2.24, 2.45) is 11.0 Å². The van der Waals surface area contributed by atoms with E-state index in [4.69, 9.17) is 15.4 Å². The van der Waals surface area contributed by atoms with Crippen LogP contribution >= 0.6 is 22.6 Å². The lowest BCUT2D eigenvalue weighted by Crippen LogP contribution is -2.36. The summed E-state index contributed by atoms with van der Waals surface area (Å²) in [7, 11) is 0. The fourth-order valence-electron chi connectivity index (χ4n) is 1.22. The van der Waals surface area contributed by atoms with Gasteiger partial charge in [-0.15, -0.1) is 0 Å². The molecule has 0 aliphatic rings. The van der Waals surface area contributed by atoms with Gasteiger partial charge in [0, 0.05) is 18.8 Å². The van der Waals surface area contributed by atoms with E-state index in [-0.39, 0.29) is 5.70 Å². The van der Waals surface area contributed by atoms with Crippen molar-refractivity contribution in [2.75, 3.05) is 6.61 Å². The van der Waals surface area contributed by atoms with Crippen LogP contribution in [0.4, 0.5) is 0 Å². The maximum absolute atomic E-state index is 11.2. The molecule has 110 valence electrons. The van der Waals surface area contributed by atoms with Crippen LogP contribution in [0.2, 0.25) is 0 Å². The Kier molecular flexibility index (Phi) is 8.32. The Balaban J connectivity index is 5.40. The van der Waals surface area contributed by atoms with E-state index in [2.05, 4.69) is 14.8 Å². The van der Waals surface area contributed by atoms with E-state index in [9.17, 15) is 14.4 Å². The van der Waals surface area contributed by atoms with Crippen LogP contribution in [0.25, 0.3) is 10.4 Å². The summed E-state index contributed by atoms with van der Waals surface area (Å²) in [6.45, 7) is 1.68. The molecule has 0 aromatic rings. The first-order chi connectivity index (χ1) is 9.33. The predicted molar refractivity (Wildman–Crippen MR) is 74.6 cm³/mol. The van der Waals surface area contributed by atoms with Crippen molar-refractivity contribution < 1.29 is 29.0 Å². The number of carbonyl (C=O) groups excluding carboxylic acids is 2. The molecule has 0 bridgehead atoms. The number of ether oxygens (including phenoxy) is 2. The van der Waals surface area contributed by atoms with E-state index < -0.39 is 36.5 Å². The van der Waals surface area contributed by atoms with Gasteiger partial charge in [-0.25, -0.2) is 0 Å². The van der Waals surface area contributed by atoms with Crippen LogP contribution in [0.15, 0.2) is 14.9 Å². The van der Waals surface area contributed by atoms with E-state index in [1.165, 1.54) is 4.08 Å². The third kappa shape index (κ3) is 6.38. The molecule has 0 fully saturated rings. The first-order valence-electron chi connectivity index (χ1n) is 5.22. The van der Waals surface area contributed by atoms with Crippen molar-refractivity contribution >= 4 is 40.5 Å². The molecule has 0 amide bonds. The molecule has 1 N–H and O–H groups in total. The van der Waals surface area contributed by atoms with Crippen molar-refractivity contribution in [1.82, 2.24) is 0 Å². The van der Waals surface area contributed by atoms with Gasteiger partial charge in [0.1, 0.15) is 18.6 Å². The summed E-state index contributed by atoms with van der Waals surface area (Å²) in [5, 5.41) is 12.4. The molecule has 0 radical (unpaired) electrons. The van der Waals surface area contributed by atoms with Gasteiger partial charge in [-0.05, 0) is 9.61 Å². The molecular weight excluding hydrogens is 385 g/mol. The third-order valence-corrected chi connectivity index (χ3v) is 2.64. The Bertz CT molecular complexity index is 472. The van der Waals surface area contributed by atoms with E-state index in [0.29, 0.717) is 0 Å². The van der Waals surface area contributed by atoms with Crippen LogP contribution in [-0.2, 0) is 23.9 Å². The van der Waals surface area contributed by atoms with Gasteiger partial charge in [0.15, 0.2) is 0 Å². The number of carbonyl (C=O) groups is 3. The van der Waals surface area contributed by atoms with Gasteiger partial charge in [-0.2, -0.15) is 0 Å². The second kappa shape index (κ2) is 9.15. The molecule has 0 aliphatic heterocycles. The molecule has 10 heteroatoms. The Morgan fingerprint density at radius 3 is 2.35 bits per heavy atom. The number of aliphatic carboxylic acids is 1. The van der Waals surface area contributed by atoms with Gasteiger partial charge in [-0.3, -0.25) is 14.4 Å². The van der Waals surface area contributed by atoms with E-state index >= 15 is 0 Å². The number of azide groups is 1. The summed E-state index contributed by atoms with van der Waals surface area (Å²) in [6, 6.07) is 0. The minimum absolute atomic E-state index is 0.0946. The molecule has 0 spiro atoms. The maximum atomic E-state index is 11.2. The molecule has 9 nitrogen and oxygen atoms in total. The largest absolute Gasteiger partial charge is 0.481 e. The molecule has 0 unspecified atom stereocenters. The summed E-state index contributed by atoms with van der Waals surface area (Å²) in [4.78, 5) is 35.6. The summed E-state index contributed by atoms with van der Waals surface area (Å²) >= 11 is 1.71. The number of hydrogen-bond acceptors (Lipinski definition) is 6. The van der Waals surface area contributed by atoms with Crippen molar-refractivity contribution in [2.45, 2.75) is 20.0 Å². The summed E-state index contributed by atoms with van der Waals surface area (Å²) < 4.78 is 10.8. The lowest BCUT2D eigenvalue weighted by molar-refractivity contribution is -0.159. The highest BCUT2D eigenvalue weighted by atomic mass is 127. The molecule has 0 saturated carbocycles. The van der Waals surface area contributed by atoms with Crippen LogP contribution in [0.5, 0.6) is 0 Å². The van der Waals surface area contributed by atoms with Gasteiger partial charge >= 0.3 is 17.9 Å². The number of carboxylic acid groups (broad SMARTS) is 1. The molecule has 0 aliphatic carbocycles. The van der Waals surface area contributed by atoms with Gasteiger partial charge in [0.25, 0.3) is 0 Å². The fourth-order valence-corrected chi connectivity index (χ4v) is 1.69. The zero-order chi connectivity index (χ0) is 15.7. The maximum Gasteiger partial charge on any atom is 0.314 e. The number of halogens is 1. The average molecular weight is 397 g/mol. The number of hydrogen-bond donors (Lipinski definition) is 1. The highest BCUT2D eigenvalue weighted by Gasteiger charge is 2.34. The van der Waals surface area contributed by atoms with E-state index in [1.54, 1.807) is 22.6 Å². The van der Waals surface area contributed by atoms with Crippen LogP contribution in [0, 0.1) is 5.92 Å². The zero-order valence-corrected chi connectivity index (χ0v) is 12.8. The zero-order valence-electron chi connectivity index (χ0n) is 10.6. The lowest BCUT2D eigenvalue weighted by Gasteiger charge is -2.23. The van der Waals surface area contributed by atoms with Gasteiger partial charge < -0.3 is 14.6 Å². The molecule has 0 aromatic heterocycles. The number of nitrogens with zero attached hydrogens (tertiary/aromatic N) is 3. The van der Waals surface area contributed by atoms with Gasteiger partial charge in [0.05, 0.1) is 5.70 Å². The van der Waals surface area contributed by atoms with Gasteiger partial charge in [0.2, 0.25) is 0 Å². The first-order valence-corrected chi connectivity index (χ1v) is 6.46. The summed E-state index contributed by atoms with van der Waals surface area (Å²) in [6.07, 6.45) is -1.35.